The predicted molar refractivity (Wildman–Crippen MR) is 81.9 cm³/mol. The van der Waals surface area contributed by atoms with E-state index in [0.717, 1.165) is 31.3 Å². The second kappa shape index (κ2) is 4.64. The Morgan fingerprint density at radius 3 is 2.50 bits per heavy atom. The molecule has 1 nitrogen and oxygen atoms in total. The quantitative estimate of drug-likeness (QED) is 0.587. The van der Waals surface area contributed by atoms with E-state index in [0.29, 0.717) is 42.8 Å². The lowest BCUT2D eigenvalue weighted by Gasteiger charge is -2.57. The summed E-state index contributed by atoms with van der Waals surface area (Å²) in [6.45, 7) is 4.27. The summed E-state index contributed by atoms with van der Waals surface area (Å²) in [7, 11) is 0. The highest BCUT2D eigenvalue weighted by atomic mass is 19.1. The molecular formula is C19H26F2O. The standard InChI is InChI=1S/C19H26F2O/c1-18-7-5-11(20)9-15(18)16(21)10-12-13-3-4-17(22)19(13,2)8-6-14(12)18/h9,11-14,16H,3-8,10H2,1-2H3/t11-,12?,13?,14?,16+,18+,19-/m0/s1. The third-order valence-electron chi connectivity index (χ3n) is 7.74. The predicted octanol–water partition coefficient (Wildman–Crippen LogP) is 4.80. The Hall–Kier alpha value is -0.730. The molecule has 3 unspecified atom stereocenters. The fourth-order valence-corrected chi connectivity index (χ4v) is 6.46. The van der Waals surface area contributed by atoms with Crippen molar-refractivity contribution in [2.24, 2.45) is 28.6 Å². The lowest BCUT2D eigenvalue weighted by molar-refractivity contribution is -0.133. The smallest absolute Gasteiger partial charge is 0.139 e. The van der Waals surface area contributed by atoms with Crippen LogP contribution in [0.2, 0.25) is 0 Å². The molecule has 4 aliphatic carbocycles. The van der Waals surface area contributed by atoms with Crippen LogP contribution in [0.25, 0.3) is 0 Å². The number of carbonyl (C=O) groups is 1. The summed E-state index contributed by atoms with van der Waals surface area (Å²) >= 11 is 0. The lowest BCUT2D eigenvalue weighted by Crippen LogP contribution is -2.53. The third kappa shape index (κ3) is 1.77. The Kier molecular flexibility index (Phi) is 3.13. The first kappa shape index (κ1) is 14.8. The molecule has 22 heavy (non-hydrogen) atoms. The minimum Gasteiger partial charge on any atom is -0.299 e. The van der Waals surface area contributed by atoms with E-state index in [1.54, 1.807) is 6.08 Å². The van der Waals surface area contributed by atoms with Crippen LogP contribution in [0, 0.1) is 28.6 Å². The summed E-state index contributed by atoms with van der Waals surface area (Å²) in [4.78, 5) is 12.3. The van der Waals surface area contributed by atoms with Gasteiger partial charge in [0.15, 0.2) is 0 Å². The van der Waals surface area contributed by atoms with Crippen LogP contribution in [0.1, 0.15) is 58.8 Å². The van der Waals surface area contributed by atoms with Crippen molar-refractivity contribution in [3.63, 3.8) is 0 Å². The second-order valence-corrected chi connectivity index (χ2v) is 8.59. The number of alkyl halides is 2. The number of ketones is 1. The fraction of sp³-hybridized carbons (Fsp3) is 0.842. The molecule has 0 radical (unpaired) electrons. The number of allylic oxidation sites excluding steroid dienone is 2. The van der Waals surface area contributed by atoms with Gasteiger partial charge in [0.05, 0.1) is 0 Å². The van der Waals surface area contributed by atoms with Crippen LogP contribution >= 0.6 is 0 Å². The molecule has 0 aromatic rings. The van der Waals surface area contributed by atoms with Gasteiger partial charge in [-0.25, -0.2) is 8.78 Å². The monoisotopic (exact) mass is 308 g/mol. The van der Waals surface area contributed by atoms with Gasteiger partial charge in [0.1, 0.15) is 18.1 Å². The maximum absolute atomic E-state index is 14.9. The zero-order valence-electron chi connectivity index (χ0n) is 13.6. The number of rotatable bonds is 0. The molecule has 0 heterocycles. The van der Waals surface area contributed by atoms with Gasteiger partial charge >= 0.3 is 0 Å². The number of Topliss-reactive ketones (excluding diaryl/α,β-unsaturated/α-hetero) is 1. The summed E-state index contributed by atoms with van der Waals surface area (Å²) in [5, 5.41) is 0. The summed E-state index contributed by atoms with van der Waals surface area (Å²) in [6, 6.07) is 0. The molecule has 0 amide bonds. The highest BCUT2D eigenvalue weighted by Crippen LogP contribution is 2.64. The fourth-order valence-electron chi connectivity index (χ4n) is 6.46. The minimum atomic E-state index is -1.01. The highest BCUT2D eigenvalue weighted by molar-refractivity contribution is 5.87. The molecular weight excluding hydrogens is 282 g/mol. The van der Waals surface area contributed by atoms with Gasteiger partial charge < -0.3 is 0 Å². The number of carbonyl (C=O) groups excluding carboxylic acids is 1. The minimum absolute atomic E-state index is 0.183. The van der Waals surface area contributed by atoms with E-state index in [4.69, 9.17) is 0 Å². The molecule has 0 aliphatic heterocycles. The summed E-state index contributed by atoms with van der Waals surface area (Å²) in [5.74, 6) is 1.48. The number of hydrogen-bond acceptors (Lipinski definition) is 1. The van der Waals surface area contributed by atoms with Gasteiger partial charge in [-0.3, -0.25) is 4.79 Å². The van der Waals surface area contributed by atoms with E-state index in [-0.39, 0.29) is 10.8 Å². The van der Waals surface area contributed by atoms with Crippen molar-refractivity contribution in [3.8, 4) is 0 Å². The Bertz CT molecular complexity index is 542. The molecule has 0 bridgehead atoms. The first-order chi connectivity index (χ1) is 10.4. The van der Waals surface area contributed by atoms with Crippen LogP contribution in [0.4, 0.5) is 8.78 Å². The van der Waals surface area contributed by atoms with E-state index < -0.39 is 12.3 Å². The molecule has 0 N–H and O–H groups in total. The van der Waals surface area contributed by atoms with Crippen LogP contribution in [0.3, 0.4) is 0 Å². The maximum Gasteiger partial charge on any atom is 0.139 e. The zero-order valence-corrected chi connectivity index (χ0v) is 13.6. The Balaban J connectivity index is 1.73. The molecule has 4 rings (SSSR count). The number of hydrogen-bond donors (Lipinski definition) is 0. The number of halogens is 2. The summed E-state index contributed by atoms with van der Waals surface area (Å²) in [6.07, 6.45) is 4.94. The first-order valence-electron chi connectivity index (χ1n) is 8.90. The lowest BCUT2D eigenvalue weighted by atomic mass is 9.47. The van der Waals surface area contributed by atoms with Crippen molar-refractivity contribution in [2.75, 3.05) is 0 Å². The van der Waals surface area contributed by atoms with Crippen LogP contribution in [-0.2, 0) is 4.79 Å². The highest BCUT2D eigenvalue weighted by Gasteiger charge is 2.60. The van der Waals surface area contributed by atoms with Crippen LogP contribution in [0.15, 0.2) is 11.6 Å². The van der Waals surface area contributed by atoms with E-state index in [1.807, 2.05) is 0 Å². The largest absolute Gasteiger partial charge is 0.299 e. The van der Waals surface area contributed by atoms with Gasteiger partial charge in [-0.15, -0.1) is 0 Å². The van der Waals surface area contributed by atoms with Gasteiger partial charge in [0.25, 0.3) is 0 Å². The van der Waals surface area contributed by atoms with Crippen molar-refractivity contribution < 1.29 is 13.6 Å². The van der Waals surface area contributed by atoms with Crippen molar-refractivity contribution in [3.05, 3.63) is 11.6 Å². The average molecular weight is 308 g/mol. The molecule has 4 aliphatic rings. The van der Waals surface area contributed by atoms with Crippen LogP contribution in [0.5, 0.6) is 0 Å². The molecule has 0 spiro atoms. The molecule has 3 fully saturated rings. The van der Waals surface area contributed by atoms with Crippen LogP contribution < -0.4 is 0 Å². The Morgan fingerprint density at radius 1 is 1.05 bits per heavy atom. The van der Waals surface area contributed by atoms with Gasteiger partial charge in [0.2, 0.25) is 0 Å². The van der Waals surface area contributed by atoms with Crippen molar-refractivity contribution in [2.45, 2.75) is 71.1 Å². The van der Waals surface area contributed by atoms with Gasteiger partial charge in [-0.05, 0) is 73.3 Å². The molecule has 3 saturated carbocycles. The molecule has 0 aromatic carbocycles. The third-order valence-corrected chi connectivity index (χ3v) is 7.74. The van der Waals surface area contributed by atoms with Crippen LogP contribution in [-0.4, -0.2) is 18.1 Å². The second-order valence-electron chi connectivity index (χ2n) is 8.59. The van der Waals surface area contributed by atoms with E-state index in [1.165, 1.54) is 0 Å². The average Bonchev–Trinajstić information content (AvgIpc) is 2.77. The van der Waals surface area contributed by atoms with E-state index in [2.05, 4.69) is 13.8 Å². The molecule has 7 atom stereocenters. The summed E-state index contributed by atoms with van der Waals surface area (Å²) < 4.78 is 28.6. The zero-order chi connectivity index (χ0) is 15.7. The molecule has 3 heteroatoms. The van der Waals surface area contributed by atoms with Crippen molar-refractivity contribution in [1.29, 1.82) is 0 Å². The van der Waals surface area contributed by atoms with E-state index >= 15 is 0 Å². The first-order valence-corrected chi connectivity index (χ1v) is 8.90. The van der Waals surface area contributed by atoms with Crippen molar-refractivity contribution in [1.82, 2.24) is 0 Å². The van der Waals surface area contributed by atoms with Gasteiger partial charge in [0, 0.05) is 11.8 Å². The van der Waals surface area contributed by atoms with Gasteiger partial charge in [-0.2, -0.15) is 0 Å². The Morgan fingerprint density at radius 2 is 1.73 bits per heavy atom. The normalized spacial score (nSPS) is 54.3. The SMILES string of the molecule is C[C@]12CC[C@H](F)C=C1[C@H](F)CC1C2CC[C@]2(C)C(=O)CCC12. The van der Waals surface area contributed by atoms with Crippen molar-refractivity contribution >= 4 is 5.78 Å². The topological polar surface area (TPSA) is 17.1 Å². The van der Waals surface area contributed by atoms with Gasteiger partial charge in [-0.1, -0.05) is 13.8 Å². The summed E-state index contributed by atoms with van der Waals surface area (Å²) in [5.41, 5.74) is 0.341. The maximum atomic E-state index is 14.9. The van der Waals surface area contributed by atoms with E-state index in [9.17, 15) is 13.6 Å². The number of fused-ring (bicyclic) bond motifs is 5. The molecule has 0 aromatic heterocycles. The molecule has 122 valence electrons. The Labute approximate surface area is 131 Å². The molecule has 0 saturated heterocycles.